The average molecular weight is 413 g/mol. The van der Waals surface area contributed by atoms with Crippen molar-refractivity contribution in [1.82, 2.24) is 5.32 Å². The molecule has 3 atom stereocenters. The van der Waals surface area contributed by atoms with Gasteiger partial charge in [0.05, 0.1) is 12.2 Å². The lowest BCUT2D eigenvalue weighted by molar-refractivity contribution is 0.0413. The minimum absolute atomic E-state index is 0.111. The van der Waals surface area contributed by atoms with Crippen LogP contribution in [0.4, 0.5) is 4.39 Å². The molecule has 2 N–H and O–H groups in total. The summed E-state index contributed by atoms with van der Waals surface area (Å²) in [5.74, 6) is 8.32. The van der Waals surface area contributed by atoms with Gasteiger partial charge in [-0.25, -0.2) is 4.39 Å². The number of fused-ring (bicyclic) bond motifs is 1. The second-order valence-electron chi connectivity index (χ2n) is 7.86. The van der Waals surface area contributed by atoms with E-state index in [1.807, 2.05) is 18.2 Å². The van der Waals surface area contributed by atoms with Gasteiger partial charge in [-0.2, -0.15) is 0 Å². The van der Waals surface area contributed by atoms with Crippen LogP contribution in [-0.4, -0.2) is 44.3 Å². The van der Waals surface area contributed by atoms with Crippen LogP contribution in [0.1, 0.15) is 37.2 Å². The maximum Gasteiger partial charge on any atom is 0.189 e. The molecule has 3 aliphatic rings. The monoisotopic (exact) mass is 413 g/mol. The van der Waals surface area contributed by atoms with E-state index in [9.17, 15) is 4.39 Å². The highest BCUT2D eigenvalue weighted by molar-refractivity contribution is 5.45. The number of allylic oxidation sites excluding steroid dienone is 2. The second-order valence-corrected chi connectivity index (χ2v) is 7.86. The summed E-state index contributed by atoms with van der Waals surface area (Å²) in [4.78, 5) is 0. The van der Waals surface area contributed by atoms with Gasteiger partial charge < -0.3 is 24.6 Å². The first-order valence-electron chi connectivity index (χ1n) is 10.6. The number of benzene rings is 1. The zero-order valence-electron chi connectivity index (χ0n) is 17.0. The highest BCUT2D eigenvalue weighted by atomic mass is 19.1. The SMILES string of the molecule is OCCCC#CC1=C(OC[C@@H]2CNCC[C@H]2c2ccc(F)cc2)CC2OCOC2=C1. The molecule has 1 aliphatic carbocycles. The molecule has 0 radical (unpaired) electrons. The zero-order chi connectivity index (χ0) is 20.8. The Kier molecular flexibility index (Phi) is 7.06. The van der Waals surface area contributed by atoms with Crippen LogP contribution in [-0.2, 0) is 14.2 Å². The fourth-order valence-electron chi connectivity index (χ4n) is 4.18. The summed E-state index contributed by atoms with van der Waals surface area (Å²) in [5, 5.41) is 12.4. The van der Waals surface area contributed by atoms with Crippen LogP contribution in [0.2, 0.25) is 0 Å². The summed E-state index contributed by atoms with van der Waals surface area (Å²) < 4.78 is 30.8. The lowest BCUT2D eigenvalue weighted by Crippen LogP contribution is -2.38. The Morgan fingerprint density at radius 2 is 2.13 bits per heavy atom. The van der Waals surface area contributed by atoms with Crippen LogP contribution in [0.15, 0.2) is 47.4 Å². The maximum absolute atomic E-state index is 13.3. The van der Waals surface area contributed by atoms with Crippen molar-refractivity contribution in [3.63, 3.8) is 0 Å². The summed E-state index contributed by atoms with van der Waals surface area (Å²) in [6, 6.07) is 6.83. The lowest BCUT2D eigenvalue weighted by atomic mass is 9.81. The minimum Gasteiger partial charge on any atom is -0.496 e. The van der Waals surface area contributed by atoms with Crippen molar-refractivity contribution in [2.24, 2.45) is 5.92 Å². The Labute approximate surface area is 176 Å². The van der Waals surface area contributed by atoms with Gasteiger partial charge in [0.15, 0.2) is 6.79 Å². The van der Waals surface area contributed by atoms with Crippen LogP contribution >= 0.6 is 0 Å². The Morgan fingerprint density at radius 1 is 1.27 bits per heavy atom. The van der Waals surface area contributed by atoms with Gasteiger partial charge in [0.2, 0.25) is 0 Å². The Hall–Kier alpha value is -2.33. The molecule has 1 aromatic carbocycles. The Balaban J connectivity index is 1.48. The topological polar surface area (TPSA) is 60.0 Å². The number of aliphatic hydroxyl groups is 1. The van der Waals surface area contributed by atoms with Gasteiger partial charge in [0.1, 0.15) is 23.4 Å². The Bertz CT molecular complexity index is 852. The van der Waals surface area contributed by atoms with Crippen molar-refractivity contribution < 1.29 is 23.7 Å². The van der Waals surface area contributed by atoms with E-state index in [1.54, 1.807) is 0 Å². The predicted octanol–water partition coefficient (Wildman–Crippen LogP) is 3.23. The molecule has 0 aromatic heterocycles. The zero-order valence-corrected chi connectivity index (χ0v) is 17.0. The third-order valence-electron chi connectivity index (χ3n) is 5.83. The van der Waals surface area contributed by atoms with Gasteiger partial charge in [-0.15, -0.1) is 0 Å². The summed E-state index contributed by atoms with van der Waals surface area (Å²) in [5.41, 5.74) is 1.98. The van der Waals surface area contributed by atoms with Gasteiger partial charge in [-0.3, -0.25) is 0 Å². The molecule has 0 saturated carbocycles. The van der Waals surface area contributed by atoms with E-state index in [0.29, 0.717) is 31.8 Å². The highest BCUT2D eigenvalue weighted by Crippen LogP contribution is 2.34. The molecule has 5 nitrogen and oxygen atoms in total. The minimum atomic E-state index is -0.210. The largest absolute Gasteiger partial charge is 0.496 e. The number of piperidine rings is 1. The van der Waals surface area contributed by atoms with E-state index in [1.165, 1.54) is 12.1 Å². The van der Waals surface area contributed by atoms with E-state index in [2.05, 4.69) is 17.2 Å². The number of ether oxygens (including phenoxy) is 3. The van der Waals surface area contributed by atoms with Crippen LogP contribution in [0.5, 0.6) is 0 Å². The molecule has 0 bridgehead atoms. The fourth-order valence-corrected chi connectivity index (χ4v) is 4.18. The van der Waals surface area contributed by atoms with Gasteiger partial charge in [0.25, 0.3) is 0 Å². The molecule has 2 saturated heterocycles. The lowest BCUT2D eigenvalue weighted by Gasteiger charge is -2.33. The van der Waals surface area contributed by atoms with E-state index in [4.69, 9.17) is 19.3 Å². The molecule has 6 heteroatoms. The molecule has 160 valence electrons. The third-order valence-corrected chi connectivity index (χ3v) is 5.83. The van der Waals surface area contributed by atoms with E-state index in [-0.39, 0.29) is 31.2 Å². The van der Waals surface area contributed by atoms with Crippen molar-refractivity contribution >= 4 is 0 Å². The number of rotatable bonds is 6. The number of unbranched alkanes of at least 4 members (excludes halogenated alkanes) is 1. The number of nitrogens with one attached hydrogen (secondary N) is 1. The molecule has 2 aliphatic heterocycles. The normalized spacial score (nSPS) is 25.7. The van der Waals surface area contributed by atoms with E-state index in [0.717, 1.165) is 42.2 Å². The van der Waals surface area contributed by atoms with E-state index >= 15 is 0 Å². The molecular weight excluding hydrogens is 385 g/mol. The van der Waals surface area contributed by atoms with E-state index < -0.39 is 0 Å². The molecule has 2 heterocycles. The Morgan fingerprint density at radius 3 is 2.97 bits per heavy atom. The van der Waals surface area contributed by atoms with Gasteiger partial charge >= 0.3 is 0 Å². The number of halogens is 1. The quantitative estimate of drug-likeness (QED) is 0.554. The summed E-state index contributed by atoms with van der Waals surface area (Å²) in [6.45, 7) is 2.76. The second kappa shape index (κ2) is 10.1. The van der Waals surface area contributed by atoms with Gasteiger partial charge in [-0.05, 0) is 49.1 Å². The standard InChI is InChI=1S/C24H28FNO4/c25-20-7-5-17(6-8-20)21-9-10-26-14-19(21)15-28-22-13-24-23(29-16-30-24)12-18(22)4-2-1-3-11-27/h5-8,12,19,21,24,26-27H,1,3,9-11,13-16H2/t19-,21-,24?/m0/s1. The highest BCUT2D eigenvalue weighted by Gasteiger charge is 2.32. The average Bonchev–Trinajstić information content (AvgIpc) is 3.23. The maximum atomic E-state index is 13.3. The molecule has 1 unspecified atom stereocenters. The molecule has 0 amide bonds. The molecule has 4 rings (SSSR count). The molecular formula is C24H28FNO4. The van der Waals surface area contributed by atoms with Crippen molar-refractivity contribution in [3.8, 4) is 11.8 Å². The molecule has 1 aromatic rings. The first kappa shape index (κ1) is 20.9. The molecule has 2 fully saturated rings. The predicted molar refractivity (Wildman–Crippen MR) is 111 cm³/mol. The smallest absolute Gasteiger partial charge is 0.189 e. The summed E-state index contributed by atoms with van der Waals surface area (Å²) >= 11 is 0. The van der Waals surface area contributed by atoms with Crippen LogP contribution in [0.3, 0.4) is 0 Å². The van der Waals surface area contributed by atoms with Crippen molar-refractivity contribution in [2.45, 2.75) is 37.7 Å². The molecule has 30 heavy (non-hydrogen) atoms. The molecule has 0 spiro atoms. The third kappa shape index (κ3) is 5.04. The number of hydrogen-bond acceptors (Lipinski definition) is 5. The summed E-state index contributed by atoms with van der Waals surface area (Å²) in [6.07, 6.45) is 4.70. The van der Waals surface area contributed by atoms with Crippen molar-refractivity contribution in [2.75, 3.05) is 33.1 Å². The van der Waals surface area contributed by atoms with Crippen LogP contribution in [0.25, 0.3) is 0 Å². The van der Waals surface area contributed by atoms with Crippen molar-refractivity contribution in [1.29, 1.82) is 0 Å². The summed E-state index contributed by atoms with van der Waals surface area (Å²) in [7, 11) is 0. The van der Waals surface area contributed by atoms with Crippen LogP contribution in [0, 0.1) is 23.6 Å². The number of hydrogen-bond donors (Lipinski definition) is 2. The van der Waals surface area contributed by atoms with Crippen molar-refractivity contribution in [3.05, 3.63) is 58.8 Å². The van der Waals surface area contributed by atoms with Gasteiger partial charge in [-0.1, -0.05) is 24.0 Å². The van der Waals surface area contributed by atoms with Gasteiger partial charge in [0, 0.05) is 31.9 Å². The number of aliphatic hydroxyl groups excluding tert-OH is 1. The first-order chi connectivity index (χ1) is 14.7. The fraction of sp³-hybridized carbons (Fsp3) is 0.500. The van der Waals surface area contributed by atoms with Crippen LogP contribution < -0.4 is 5.32 Å². The first-order valence-corrected chi connectivity index (χ1v) is 10.6.